The van der Waals surface area contributed by atoms with Gasteiger partial charge in [-0.1, -0.05) is 35.9 Å². The molecule has 0 radical (unpaired) electrons. The highest BCUT2D eigenvalue weighted by molar-refractivity contribution is 7.10. The first-order chi connectivity index (χ1) is 15.5. The van der Waals surface area contributed by atoms with Crippen LogP contribution in [0, 0.1) is 18.3 Å². The van der Waals surface area contributed by atoms with Crippen molar-refractivity contribution >= 4 is 56.2 Å². The number of nitrogens with zero attached hydrogens (tertiary/aromatic N) is 4. The van der Waals surface area contributed by atoms with E-state index in [-0.39, 0.29) is 11.7 Å². The summed E-state index contributed by atoms with van der Waals surface area (Å²) < 4.78 is 9.76. The number of rotatable bonds is 5. The number of benzene rings is 3. The van der Waals surface area contributed by atoms with Crippen LogP contribution in [0.5, 0.6) is 5.75 Å². The van der Waals surface area contributed by atoms with Crippen LogP contribution in [0.15, 0.2) is 64.8 Å². The van der Waals surface area contributed by atoms with Gasteiger partial charge in [0.05, 0.1) is 18.4 Å². The number of anilines is 1. The highest BCUT2D eigenvalue weighted by Crippen LogP contribution is 2.41. The third-order valence-electron chi connectivity index (χ3n) is 4.72. The van der Waals surface area contributed by atoms with Crippen molar-refractivity contribution in [3.63, 3.8) is 0 Å². The number of carbonyl (C=O) groups is 1. The normalized spacial score (nSPS) is 10.9. The number of azo groups is 1. The summed E-state index contributed by atoms with van der Waals surface area (Å²) in [6.45, 7) is 1.74. The number of nitriles is 1. The summed E-state index contributed by atoms with van der Waals surface area (Å²) in [5.41, 5.74) is 2.26. The van der Waals surface area contributed by atoms with Crippen molar-refractivity contribution in [3.8, 4) is 11.8 Å². The van der Waals surface area contributed by atoms with Gasteiger partial charge in [-0.15, -0.1) is 10.2 Å². The second-order valence-electron chi connectivity index (χ2n) is 6.75. The van der Waals surface area contributed by atoms with Gasteiger partial charge >= 0.3 is 0 Å². The molecule has 3 aromatic carbocycles. The Morgan fingerprint density at radius 3 is 2.66 bits per heavy atom. The van der Waals surface area contributed by atoms with Crippen LogP contribution >= 0.6 is 23.1 Å². The van der Waals surface area contributed by atoms with Gasteiger partial charge in [0, 0.05) is 16.1 Å². The molecule has 7 nitrogen and oxygen atoms in total. The number of aromatic nitrogens is 1. The van der Waals surface area contributed by atoms with Crippen molar-refractivity contribution in [1.29, 1.82) is 5.26 Å². The Morgan fingerprint density at radius 1 is 1.19 bits per heavy atom. The van der Waals surface area contributed by atoms with Gasteiger partial charge in [0.1, 0.15) is 17.3 Å². The van der Waals surface area contributed by atoms with Crippen LogP contribution in [-0.2, 0) is 0 Å². The van der Waals surface area contributed by atoms with Crippen LogP contribution in [0.3, 0.4) is 0 Å². The summed E-state index contributed by atoms with van der Waals surface area (Å²) in [6, 6.07) is 18.1. The molecule has 0 aliphatic rings. The molecule has 1 heterocycles. The lowest BCUT2D eigenvalue weighted by Gasteiger charge is -2.14. The Hall–Kier alpha value is -3.80. The van der Waals surface area contributed by atoms with Crippen LogP contribution in [0.4, 0.5) is 16.4 Å². The van der Waals surface area contributed by atoms with E-state index in [0.29, 0.717) is 38.2 Å². The molecular formula is C23H16ClN5O2S. The Morgan fingerprint density at radius 2 is 1.94 bits per heavy atom. The van der Waals surface area contributed by atoms with Crippen LogP contribution in [0.1, 0.15) is 21.6 Å². The molecule has 0 saturated carbocycles. The molecule has 1 N–H and O–H groups in total. The zero-order valence-electron chi connectivity index (χ0n) is 17.1. The second-order valence-corrected chi connectivity index (χ2v) is 7.94. The van der Waals surface area contributed by atoms with E-state index >= 15 is 0 Å². The fraction of sp³-hybridized carbons (Fsp3) is 0.0870. The fourth-order valence-electron chi connectivity index (χ4n) is 3.17. The molecule has 0 atom stereocenters. The van der Waals surface area contributed by atoms with Gasteiger partial charge in [-0.25, -0.2) is 0 Å². The maximum Gasteiger partial charge on any atom is 0.259 e. The first-order valence-corrected chi connectivity index (χ1v) is 10.6. The molecule has 0 fully saturated rings. The first-order valence-electron chi connectivity index (χ1n) is 9.46. The molecule has 4 rings (SSSR count). The van der Waals surface area contributed by atoms with E-state index < -0.39 is 0 Å². The highest BCUT2D eigenvalue weighted by atomic mass is 35.5. The molecule has 1 amide bonds. The zero-order chi connectivity index (χ0) is 22.7. The van der Waals surface area contributed by atoms with Gasteiger partial charge in [-0.2, -0.15) is 9.64 Å². The number of nitrogens with one attached hydrogen (secondary N) is 1. The van der Waals surface area contributed by atoms with E-state index in [9.17, 15) is 10.1 Å². The van der Waals surface area contributed by atoms with Gasteiger partial charge in [0.2, 0.25) is 0 Å². The van der Waals surface area contributed by atoms with Crippen LogP contribution in [-0.4, -0.2) is 17.4 Å². The Bertz CT molecular complexity index is 1390. The van der Waals surface area contributed by atoms with Gasteiger partial charge in [0.15, 0.2) is 10.8 Å². The maximum absolute atomic E-state index is 13.1. The number of methoxy groups -OCH3 is 1. The number of halogens is 1. The number of aryl methyl sites for hydroxylation is 1. The van der Waals surface area contributed by atoms with E-state index in [4.69, 9.17) is 16.3 Å². The minimum atomic E-state index is -0.363. The fourth-order valence-corrected chi connectivity index (χ4v) is 3.97. The number of hydrogen-bond acceptors (Lipinski definition) is 7. The third kappa shape index (κ3) is 4.17. The Kier molecular flexibility index (Phi) is 6.12. The minimum absolute atomic E-state index is 0.277. The summed E-state index contributed by atoms with van der Waals surface area (Å²) in [6.07, 6.45) is 0. The van der Waals surface area contributed by atoms with Crippen molar-refractivity contribution in [2.75, 3.05) is 12.4 Å². The largest absolute Gasteiger partial charge is 0.494 e. The standard InChI is InChI=1S/C23H16ClN5O2S/c1-13-19(12-25)23(32-29-13)28-27-20-17-6-4-3-5-14(17)11-18(21(20)31-2)22(30)26-16-9-7-15(24)8-10-16/h3-11H,1-2H3,(H,26,30)/b28-27+. The van der Waals surface area contributed by atoms with E-state index in [1.165, 1.54) is 7.11 Å². The molecule has 4 aromatic rings. The molecule has 0 aliphatic carbocycles. The quantitative estimate of drug-likeness (QED) is 0.330. The van der Waals surface area contributed by atoms with E-state index in [2.05, 4.69) is 26.0 Å². The molecule has 0 spiro atoms. The van der Waals surface area contributed by atoms with E-state index in [0.717, 1.165) is 22.3 Å². The molecule has 32 heavy (non-hydrogen) atoms. The van der Waals surface area contributed by atoms with Crippen molar-refractivity contribution in [3.05, 3.63) is 76.4 Å². The van der Waals surface area contributed by atoms with Crippen molar-refractivity contribution in [1.82, 2.24) is 4.37 Å². The maximum atomic E-state index is 13.1. The molecule has 9 heteroatoms. The van der Waals surface area contributed by atoms with Crippen molar-refractivity contribution in [2.45, 2.75) is 6.92 Å². The smallest absolute Gasteiger partial charge is 0.259 e. The molecule has 0 unspecified atom stereocenters. The third-order valence-corrected chi connectivity index (χ3v) is 5.80. The van der Waals surface area contributed by atoms with E-state index in [1.807, 2.05) is 24.3 Å². The lowest BCUT2D eigenvalue weighted by molar-refractivity contribution is 0.102. The highest BCUT2D eigenvalue weighted by Gasteiger charge is 2.20. The molecule has 1 aromatic heterocycles. The number of ether oxygens (including phenoxy) is 1. The van der Waals surface area contributed by atoms with Crippen LogP contribution in [0.25, 0.3) is 10.8 Å². The number of fused-ring (bicyclic) bond motifs is 1. The van der Waals surface area contributed by atoms with Crippen LogP contribution < -0.4 is 10.1 Å². The number of hydrogen-bond donors (Lipinski definition) is 1. The first kappa shape index (κ1) is 21.4. The average molecular weight is 462 g/mol. The minimum Gasteiger partial charge on any atom is -0.494 e. The summed E-state index contributed by atoms with van der Waals surface area (Å²) in [5, 5.41) is 23.4. The summed E-state index contributed by atoms with van der Waals surface area (Å²) >= 11 is 7.02. The van der Waals surface area contributed by atoms with Gasteiger partial charge in [0.25, 0.3) is 5.91 Å². The zero-order valence-corrected chi connectivity index (χ0v) is 18.7. The topological polar surface area (TPSA) is 99.7 Å². The number of carbonyl (C=O) groups excluding carboxylic acids is 1. The Labute approximate surface area is 193 Å². The SMILES string of the molecule is COc1c(C(=O)Nc2ccc(Cl)cc2)cc2ccccc2c1/N=N/c1snc(C)c1C#N. The lowest BCUT2D eigenvalue weighted by Crippen LogP contribution is -2.13. The molecule has 158 valence electrons. The van der Waals surface area contributed by atoms with Crippen molar-refractivity contribution < 1.29 is 9.53 Å². The summed E-state index contributed by atoms with van der Waals surface area (Å²) in [5.74, 6) is -0.0867. The second kappa shape index (κ2) is 9.14. The summed E-state index contributed by atoms with van der Waals surface area (Å²) in [7, 11) is 1.47. The molecule has 0 bridgehead atoms. The Balaban J connectivity index is 1.82. The predicted octanol–water partition coefficient (Wildman–Crippen LogP) is 6.81. The number of amides is 1. The summed E-state index contributed by atoms with van der Waals surface area (Å²) in [4.78, 5) is 13.1. The molecule has 0 saturated heterocycles. The molecule has 0 aliphatic heterocycles. The van der Waals surface area contributed by atoms with Gasteiger partial charge in [-0.05, 0) is 54.2 Å². The predicted molar refractivity (Wildman–Crippen MR) is 126 cm³/mol. The van der Waals surface area contributed by atoms with Crippen LogP contribution in [0.2, 0.25) is 5.02 Å². The van der Waals surface area contributed by atoms with E-state index in [1.54, 1.807) is 37.3 Å². The van der Waals surface area contributed by atoms with Crippen molar-refractivity contribution in [2.24, 2.45) is 10.2 Å². The van der Waals surface area contributed by atoms with Gasteiger partial charge in [-0.3, -0.25) is 4.79 Å². The van der Waals surface area contributed by atoms with Gasteiger partial charge < -0.3 is 10.1 Å². The average Bonchev–Trinajstić information content (AvgIpc) is 3.17. The monoisotopic (exact) mass is 461 g/mol. The lowest BCUT2D eigenvalue weighted by atomic mass is 10.0. The molecular weight excluding hydrogens is 446 g/mol.